The molecular formula is C11H10BrClN2S. The minimum Gasteiger partial charge on any atom is -0.232 e. The lowest BCUT2D eigenvalue weighted by atomic mass is 10.2. The number of aromatic nitrogens is 2. The van der Waals surface area contributed by atoms with Crippen molar-refractivity contribution in [1.29, 1.82) is 0 Å². The molecule has 0 saturated heterocycles. The molecule has 0 radical (unpaired) electrons. The van der Waals surface area contributed by atoms with Gasteiger partial charge in [0.05, 0.1) is 4.88 Å². The summed E-state index contributed by atoms with van der Waals surface area (Å²) in [7, 11) is 0. The van der Waals surface area contributed by atoms with E-state index in [0.717, 1.165) is 27.0 Å². The van der Waals surface area contributed by atoms with Gasteiger partial charge in [-0.2, -0.15) is 0 Å². The summed E-state index contributed by atoms with van der Waals surface area (Å²) in [4.78, 5) is 9.84. The van der Waals surface area contributed by atoms with Gasteiger partial charge in [0.1, 0.15) is 5.15 Å². The van der Waals surface area contributed by atoms with Crippen LogP contribution in [-0.2, 0) is 6.42 Å². The largest absolute Gasteiger partial charge is 0.232 e. The van der Waals surface area contributed by atoms with Crippen molar-refractivity contribution in [2.45, 2.75) is 20.3 Å². The van der Waals surface area contributed by atoms with E-state index in [0.29, 0.717) is 11.0 Å². The Labute approximate surface area is 112 Å². The summed E-state index contributed by atoms with van der Waals surface area (Å²) >= 11 is 11.2. The van der Waals surface area contributed by atoms with Gasteiger partial charge in [-0.15, -0.1) is 11.3 Å². The Hall–Kier alpha value is -0.450. The molecule has 2 aromatic rings. The summed E-state index contributed by atoms with van der Waals surface area (Å²) < 4.78 is 1.05. The van der Waals surface area contributed by atoms with Gasteiger partial charge in [0, 0.05) is 21.1 Å². The Morgan fingerprint density at radius 1 is 1.44 bits per heavy atom. The van der Waals surface area contributed by atoms with Crippen LogP contribution in [0.3, 0.4) is 0 Å². The second-order valence-corrected chi connectivity index (χ2v) is 5.57. The van der Waals surface area contributed by atoms with Gasteiger partial charge in [-0.3, -0.25) is 0 Å². The van der Waals surface area contributed by atoms with Gasteiger partial charge in [0.2, 0.25) is 0 Å². The van der Waals surface area contributed by atoms with E-state index in [-0.39, 0.29) is 0 Å². The average molecular weight is 318 g/mol. The van der Waals surface area contributed by atoms with Crippen LogP contribution in [0.1, 0.15) is 18.2 Å². The van der Waals surface area contributed by atoms with Crippen LogP contribution in [-0.4, -0.2) is 9.97 Å². The molecule has 84 valence electrons. The molecule has 0 aliphatic carbocycles. The smallest absolute Gasteiger partial charge is 0.171 e. The summed E-state index contributed by atoms with van der Waals surface area (Å²) in [5.74, 6) is 0.704. The maximum absolute atomic E-state index is 6.13. The molecule has 0 aromatic carbocycles. The van der Waals surface area contributed by atoms with Crippen LogP contribution in [0.4, 0.5) is 0 Å². The van der Waals surface area contributed by atoms with Gasteiger partial charge < -0.3 is 0 Å². The lowest BCUT2D eigenvalue weighted by Gasteiger charge is -2.06. The molecule has 2 aromatic heterocycles. The Morgan fingerprint density at radius 2 is 2.19 bits per heavy atom. The lowest BCUT2D eigenvalue weighted by Crippen LogP contribution is -1.98. The number of aryl methyl sites for hydroxylation is 1. The van der Waals surface area contributed by atoms with Crippen molar-refractivity contribution in [1.82, 2.24) is 9.97 Å². The summed E-state index contributed by atoms with van der Waals surface area (Å²) in [5, 5.41) is 2.57. The molecule has 2 heterocycles. The third-order valence-electron chi connectivity index (χ3n) is 2.30. The van der Waals surface area contributed by atoms with Gasteiger partial charge in [-0.25, -0.2) is 9.97 Å². The maximum Gasteiger partial charge on any atom is 0.171 e. The summed E-state index contributed by atoms with van der Waals surface area (Å²) in [6, 6.07) is 2.00. The lowest BCUT2D eigenvalue weighted by molar-refractivity contribution is 1.00. The Morgan fingerprint density at radius 3 is 2.69 bits per heavy atom. The standard InChI is InChI=1S/C11H10BrClN2S/c1-3-8-6(2)14-11(15-10(8)13)9-4-7(12)5-16-9/h4-5H,3H2,1-2H3. The SMILES string of the molecule is CCc1c(C)nc(-c2cc(Br)cs2)nc1Cl. The number of rotatable bonds is 2. The molecular weight excluding hydrogens is 308 g/mol. The van der Waals surface area contributed by atoms with Crippen molar-refractivity contribution in [2.24, 2.45) is 0 Å². The van der Waals surface area contributed by atoms with Crippen LogP contribution in [0.15, 0.2) is 15.9 Å². The number of hydrogen-bond acceptors (Lipinski definition) is 3. The van der Waals surface area contributed by atoms with Crippen molar-refractivity contribution in [3.63, 3.8) is 0 Å². The first-order valence-corrected chi connectivity index (χ1v) is 6.94. The first-order chi connectivity index (χ1) is 7.61. The predicted molar refractivity (Wildman–Crippen MR) is 72.2 cm³/mol. The molecule has 0 N–H and O–H groups in total. The van der Waals surface area contributed by atoms with E-state index in [4.69, 9.17) is 11.6 Å². The molecule has 16 heavy (non-hydrogen) atoms. The molecule has 0 aliphatic rings. The molecule has 2 nitrogen and oxygen atoms in total. The van der Waals surface area contributed by atoms with E-state index >= 15 is 0 Å². The molecule has 0 spiro atoms. The highest BCUT2D eigenvalue weighted by molar-refractivity contribution is 9.10. The zero-order valence-electron chi connectivity index (χ0n) is 8.92. The molecule has 0 saturated carbocycles. The number of hydrogen-bond donors (Lipinski definition) is 0. The van der Waals surface area contributed by atoms with E-state index < -0.39 is 0 Å². The molecule has 0 aliphatic heterocycles. The van der Waals surface area contributed by atoms with Crippen LogP contribution in [0, 0.1) is 6.92 Å². The minimum atomic E-state index is 0.564. The molecule has 5 heteroatoms. The fourth-order valence-corrected chi connectivity index (χ4v) is 3.21. The first kappa shape index (κ1) is 12.0. The number of halogens is 2. The molecule has 0 bridgehead atoms. The highest BCUT2D eigenvalue weighted by Crippen LogP contribution is 2.29. The van der Waals surface area contributed by atoms with Crippen LogP contribution >= 0.6 is 38.9 Å². The van der Waals surface area contributed by atoms with E-state index in [1.165, 1.54) is 0 Å². The fraction of sp³-hybridized carbons (Fsp3) is 0.273. The van der Waals surface area contributed by atoms with Crippen molar-refractivity contribution in [2.75, 3.05) is 0 Å². The van der Waals surface area contributed by atoms with Gasteiger partial charge in [-0.05, 0) is 35.3 Å². The highest BCUT2D eigenvalue weighted by atomic mass is 79.9. The minimum absolute atomic E-state index is 0.564. The molecule has 0 atom stereocenters. The summed E-state index contributed by atoms with van der Waals surface area (Å²) in [5.41, 5.74) is 1.99. The van der Waals surface area contributed by atoms with Crippen molar-refractivity contribution in [3.05, 3.63) is 32.3 Å². The molecule has 2 rings (SSSR count). The molecule has 0 unspecified atom stereocenters. The van der Waals surface area contributed by atoms with Crippen LogP contribution in [0.25, 0.3) is 10.7 Å². The summed E-state index contributed by atoms with van der Waals surface area (Å²) in [6.45, 7) is 4.03. The van der Waals surface area contributed by atoms with E-state index in [9.17, 15) is 0 Å². The van der Waals surface area contributed by atoms with E-state index in [2.05, 4.69) is 32.8 Å². The predicted octanol–water partition coefficient (Wildman–Crippen LogP) is 4.49. The Bertz CT molecular complexity index is 501. The number of nitrogens with zero attached hydrogens (tertiary/aromatic N) is 2. The normalized spacial score (nSPS) is 10.8. The zero-order chi connectivity index (χ0) is 11.7. The maximum atomic E-state index is 6.13. The van der Waals surface area contributed by atoms with Crippen LogP contribution < -0.4 is 0 Å². The Balaban J connectivity index is 2.52. The second-order valence-electron chi connectivity index (χ2n) is 3.38. The van der Waals surface area contributed by atoms with Crippen LogP contribution in [0.2, 0.25) is 5.15 Å². The van der Waals surface area contributed by atoms with Crippen molar-refractivity contribution >= 4 is 38.9 Å². The molecule has 0 amide bonds. The molecule has 0 fully saturated rings. The Kier molecular flexibility index (Phi) is 3.62. The fourth-order valence-electron chi connectivity index (χ4n) is 1.50. The average Bonchev–Trinajstić information content (AvgIpc) is 2.64. The third kappa shape index (κ3) is 2.29. The monoisotopic (exact) mass is 316 g/mol. The quantitative estimate of drug-likeness (QED) is 0.763. The zero-order valence-corrected chi connectivity index (χ0v) is 12.1. The first-order valence-electron chi connectivity index (χ1n) is 4.89. The van der Waals surface area contributed by atoms with Crippen molar-refractivity contribution < 1.29 is 0 Å². The van der Waals surface area contributed by atoms with Gasteiger partial charge in [-0.1, -0.05) is 18.5 Å². The van der Waals surface area contributed by atoms with Gasteiger partial charge in [0.25, 0.3) is 0 Å². The highest BCUT2D eigenvalue weighted by Gasteiger charge is 2.11. The topological polar surface area (TPSA) is 25.8 Å². The van der Waals surface area contributed by atoms with Gasteiger partial charge in [0.15, 0.2) is 5.82 Å². The van der Waals surface area contributed by atoms with E-state index in [1.54, 1.807) is 11.3 Å². The van der Waals surface area contributed by atoms with Crippen LogP contribution in [0.5, 0.6) is 0 Å². The van der Waals surface area contributed by atoms with Crippen molar-refractivity contribution in [3.8, 4) is 10.7 Å². The van der Waals surface area contributed by atoms with E-state index in [1.807, 2.05) is 18.4 Å². The van der Waals surface area contributed by atoms with Gasteiger partial charge >= 0.3 is 0 Å². The third-order valence-corrected chi connectivity index (χ3v) is 4.30. The number of thiophene rings is 1. The second kappa shape index (κ2) is 4.82. The summed E-state index contributed by atoms with van der Waals surface area (Å²) in [6.07, 6.45) is 0.860.